The first-order valence-electron chi connectivity index (χ1n) is 9.19. The average Bonchev–Trinajstić information content (AvgIpc) is 2.73. The van der Waals surface area contributed by atoms with Crippen LogP contribution in [0.1, 0.15) is 27.3 Å². The summed E-state index contributed by atoms with van der Waals surface area (Å²) in [6.45, 7) is 3.94. The minimum atomic E-state index is -0.573. The molecule has 2 aromatic heterocycles. The lowest BCUT2D eigenvalue weighted by Crippen LogP contribution is -2.25. The normalized spacial score (nSPS) is 10.8. The third-order valence-electron chi connectivity index (χ3n) is 4.34. The zero-order chi connectivity index (χ0) is 21.7. The third kappa shape index (κ3) is 4.54. The second-order valence-electron chi connectivity index (χ2n) is 6.77. The summed E-state index contributed by atoms with van der Waals surface area (Å²) in [5.41, 5.74) is 3.99. The largest absolute Gasteiger partial charge is 0.414 e. The molecule has 0 unspecified atom stereocenters. The number of benzene rings is 1. The number of hydrogen-bond acceptors (Lipinski definition) is 6. The molecular formula is C22H21N5O3. The van der Waals surface area contributed by atoms with Gasteiger partial charge in [0.15, 0.2) is 11.4 Å². The molecule has 0 spiro atoms. The predicted molar refractivity (Wildman–Crippen MR) is 113 cm³/mol. The monoisotopic (exact) mass is 403 g/mol. The fraction of sp³-hybridized carbons (Fsp3) is 0.182. The van der Waals surface area contributed by atoms with Crippen LogP contribution >= 0.6 is 0 Å². The van der Waals surface area contributed by atoms with Gasteiger partial charge >= 0.3 is 6.09 Å². The van der Waals surface area contributed by atoms with Gasteiger partial charge in [-0.15, -0.1) is 5.10 Å². The van der Waals surface area contributed by atoms with E-state index in [4.69, 9.17) is 4.74 Å². The second kappa shape index (κ2) is 9.04. The molecule has 0 aliphatic carbocycles. The summed E-state index contributed by atoms with van der Waals surface area (Å²) in [5, 5.41) is 7.87. The van der Waals surface area contributed by atoms with E-state index < -0.39 is 12.0 Å². The molecule has 0 saturated heterocycles. The number of carbonyl (C=O) groups excluding carboxylic acids is 2. The van der Waals surface area contributed by atoms with E-state index in [0.29, 0.717) is 5.56 Å². The molecule has 0 atom stereocenters. The van der Waals surface area contributed by atoms with E-state index >= 15 is 0 Å². The number of carbonyl (C=O) groups is 2. The Morgan fingerprint density at radius 3 is 2.47 bits per heavy atom. The molecule has 0 fully saturated rings. The number of ether oxygens (including phenoxy) is 1. The van der Waals surface area contributed by atoms with Crippen molar-refractivity contribution in [1.82, 2.24) is 20.1 Å². The van der Waals surface area contributed by atoms with Crippen molar-refractivity contribution in [3.05, 3.63) is 71.3 Å². The Bertz CT molecular complexity index is 1110. The maximum Gasteiger partial charge on any atom is 0.414 e. The molecule has 2 amide bonds. The molecular weight excluding hydrogens is 382 g/mol. The van der Waals surface area contributed by atoms with Gasteiger partial charge in [-0.1, -0.05) is 18.2 Å². The van der Waals surface area contributed by atoms with E-state index in [2.05, 4.69) is 20.2 Å². The Morgan fingerprint density at radius 2 is 1.77 bits per heavy atom. The van der Waals surface area contributed by atoms with Crippen molar-refractivity contribution >= 4 is 18.2 Å². The lowest BCUT2D eigenvalue weighted by atomic mass is 9.95. The Morgan fingerprint density at radius 1 is 1.03 bits per heavy atom. The standard InChI is InChI=1S/C22H21N5O3/c1-14-7-5-8-15(2)19(14)16-10-12-25-26-20(16)21(28)24-13-17-18(9-6-11-23-17)30-22(29)27(3)4/h5-13H,1-4H3. The number of amides is 2. The quantitative estimate of drug-likeness (QED) is 0.619. The predicted octanol–water partition coefficient (Wildman–Crippen LogP) is 3.48. The first kappa shape index (κ1) is 20.8. The topological polar surface area (TPSA) is 97.6 Å². The van der Waals surface area contributed by atoms with Crippen molar-refractivity contribution in [3.63, 3.8) is 0 Å². The molecule has 8 heteroatoms. The molecule has 8 nitrogen and oxygen atoms in total. The highest BCUT2D eigenvalue weighted by Crippen LogP contribution is 2.29. The molecule has 2 heterocycles. The highest BCUT2D eigenvalue weighted by atomic mass is 16.6. The Kier molecular flexibility index (Phi) is 6.26. The van der Waals surface area contributed by atoms with E-state index in [1.165, 1.54) is 17.3 Å². The van der Waals surface area contributed by atoms with Gasteiger partial charge in [0.1, 0.15) is 5.69 Å². The van der Waals surface area contributed by atoms with Crippen molar-refractivity contribution in [2.24, 2.45) is 4.99 Å². The molecule has 0 aliphatic rings. The first-order chi connectivity index (χ1) is 14.4. The Hall–Kier alpha value is -3.94. The zero-order valence-corrected chi connectivity index (χ0v) is 17.2. The average molecular weight is 403 g/mol. The smallest absolute Gasteiger partial charge is 0.408 e. The van der Waals surface area contributed by atoms with Gasteiger partial charge in [-0.25, -0.2) is 9.79 Å². The van der Waals surface area contributed by atoms with Crippen LogP contribution in [0.4, 0.5) is 4.79 Å². The van der Waals surface area contributed by atoms with Crippen LogP contribution in [0.15, 0.2) is 53.8 Å². The van der Waals surface area contributed by atoms with E-state index in [9.17, 15) is 9.59 Å². The fourth-order valence-corrected chi connectivity index (χ4v) is 2.88. The van der Waals surface area contributed by atoms with Crippen LogP contribution in [0.2, 0.25) is 0 Å². The van der Waals surface area contributed by atoms with Crippen LogP contribution in [0.3, 0.4) is 0 Å². The van der Waals surface area contributed by atoms with Gasteiger partial charge in [0.2, 0.25) is 0 Å². The Balaban J connectivity index is 1.94. The number of nitrogens with zero attached hydrogens (tertiary/aromatic N) is 5. The van der Waals surface area contributed by atoms with Gasteiger partial charge in [-0.2, -0.15) is 5.10 Å². The molecule has 0 bridgehead atoms. The van der Waals surface area contributed by atoms with Gasteiger partial charge in [-0.05, 0) is 48.7 Å². The number of aromatic nitrogens is 3. The van der Waals surface area contributed by atoms with Crippen molar-refractivity contribution in [3.8, 4) is 16.9 Å². The Labute approximate surface area is 174 Å². The summed E-state index contributed by atoms with van der Waals surface area (Å²) >= 11 is 0. The number of aliphatic imine (C=N–C) groups is 1. The van der Waals surface area contributed by atoms with Gasteiger partial charge < -0.3 is 9.64 Å². The van der Waals surface area contributed by atoms with Crippen LogP contribution in [-0.2, 0) is 0 Å². The maximum absolute atomic E-state index is 12.8. The molecule has 0 radical (unpaired) electrons. The number of hydrogen-bond donors (Lipinski definition) is 0. The SMILES string of the molecule is Cc1cccc(C)c1-c1ccnnc1C(=O)N=Cc1ncccc1OC(=O)N(C)C. The molecule has 3 rings (SSSR count). The number of pyridine rings is 1. The first-order valence-corrected chi connectivity index (χ1v) is 9.19. The number of rotatable bonds is 4. The summed E-state index contributed by atoms with van der Waals surface area (Å²) in [5.74, 6) is -0.377. The van der Waals surface area contributed by atoms with E-state index in [1.807, 2.05) is 32.0 Å². The molecule has 3 aromatic rings. The maximum atomic E-state index is 12.8. The molecule has 0 aliphatic heterocycles. The van der Waals surface area contributed by atoms with Crippen LogP contribution in [0.25, 0.3) is 11.1 Å². The molecule has 0 saturated carbocycles. The van der Waals surface area contributed by atoms with Crippen molar-refractivity contribution < 1.29 is 14.3 Å². The van der Waals surface area contributed by atoms with E-state index in [1.54, 1.807) is 38.5 Å². The van der Waals surface area contributed by atoms with Crippen LogP contribution in [0, 0.1) is 13.8 Å². The van der Waals surface area contributed by atoms with Crippen LogP contribution in [0.5, 0.6) is 5.75 Å². The summed E-state index contributed by atoms with van der Waals surface area (Å²) in [6, 6.07) is 10.8. The fourth-order valence-electron chi connectivity index (χ4n) is 2.88. The summed E-state index contributed by atoms with van der Waals surface area (Å²) in [7, 11) is 3.14. The lowest BCUT2D eigenvalue weighted by molar-refractivity contribution is 0.0998. The summed E-state index contributed by atoms with van der Waals surface area (Å²) < 4.78 is 5.26. The van der Waals surface area contributed by atoms with Crippen LogP contribution < -0.4 is 4.74 Å². The highest BCUT2D eigenvalue weighted by Gasteiger charge is 2.17. The summed E-state index contributed by atoms with van der Waals surface area (Å²) in [4.78, 5) is 34.1. The molecule has 30 heavy (non-hydrogen) atoms. The van der Waals surface area contributed by atoms with E-state index in [-0.39, 0.29) is 17.1 Å². The lowest BCUT2D eigenvalue weighted by Gasteiger charge is -2.12. The van der Waals surface area contributed by atoms with Gasteiger partial charge in [0.05, 0.1) is 12.4 Å². The minimum Gasteiger partial charge on any atom is -0.408 e. The van der Waals surface area contributed by atoms with Crippen molar-refractivity contribution in [2.45, 2.75) is 13.8 Å². The summed E-state index contributed by atoms with van der Waals surface area (Å²) in [6.07, 6.45) is 3.75. The van der Waals surface area contributed by atoms with E-state index in [0.717, 1.165) is 16.7 Å². The van der Waals surface area contributed by atoms with Gasteiger partial charge in [0, 0.05) is 25.9 Å². The van der Waals surface area contributed by atoms with Crippen molar-refractivity contribution in [1.29, 1.82) is 0 Å². The molecule has 0 N–H and O–H groups in total. The second-order valence-corrected chi connectivity index (χ2v) is 6.77. The minimum absolute atomic E-state index is 0.133. The third-order valence-corrected chi connectivity index (χ3v) is 4.34. The zero-order valence-electron chi connectivity index (χ0n) is 17.2. The number of aryl methyl sites for hydroxylation is 2. The molecule has 152 valence electrons. The highest BCUT2D eigenvalue weighted by molar-refractivity contribution is 6.05. The van der Waals surface area contributed by atoms with Crippen LogP contribution in [-0.4, -0.2) is 52.4 Å². The molecule has 1 aromatic carbocycles. The van der Waals surface area contributed by atoms with Crippen molar-refractivity contribution in [2.75, 3.05) is 14.1 Å². The van der Waals surface area contributed by atoms with Gasteiger partial charge in [0.25, 0.3) is 5.91 Å². The van der Waals surface area contributed by atoms with Gasteiger partial charge in [-0.3, -0.25) is 9.78 Å².